The van der Waals surface area contributed by atoms with E-state index in [0.29, 0.717) is 24.0 Å². The second kappa shape index (κ2) is 10.8. The summed E-state index contributed by atoms with van der Waals surface area (Å²) >= 11 is 1.97. The number of para-hydroxylation sites is 1. The van der Waals surface area contributed by atoms with E-state index in [4.69, 9.17) is 14.6 Å². The van der Waals surface area contributed by atoms with Gasteiger partial charge in [0.15, 0.2) is 0 Å². The first-order valence-corrected chi connectivity index (χ1v) is 11.2. The number of carboxylic acid groups (broad SMARTS) is 1. The van der Waals surface area contributed by atoms with Crippen LogP contribution in [0.15, 0.2) is 42.5 Å². The molecule has 0 saturated carbocycles. The number of carbonyl (C=O) groups is 1. The molecule has 2 heterocycles. The van der Waals surface area contributed by atoms with Crippen molar-refractivity contribution in [3.8, 4) is 5.75 Å². The Kier molecular flexibility index (Phi) is 8.09. The lowest BCUT2D eigenvalue weighted by molar-refractivity contribution is -0.137. The van der Waals surface area contributed by atoms with E-state index in [0.717, 1.165) is 43.1 Å². The lowest BCUT2D eigenvalue weighted by atomic mass is 9.78. The fraction of sp³-hybridized carbons (Fsp3) is 0.591. The van der Waals surface area contributed by atoms with E-state index < -0.39 is 5.97 Å². The molecule has 2 fully saturated rings. The van der Waals surface area contributed by atoms with Gasteiger partial charge in [0.05, 0.1) is 18.8 Å². The van der Waals surface area contributed by atoms with Gasteiger partial charge in [-0.15, -0.1) is 0 Å². The molecule has 27 heavy (non-hydrogen) atoms. The maximum absolute atomic E-state index is 10.5. The summed E-state index contributed by atoms with van der Waals surface area (Å²) in [6, 6.07) is 9.97. The van der Waals surface area contributed by atoms with Crippen molar-refractivity contribution in [1.29, 1.82) is 0 Å². The average Bonchev–Trinajstić information content (AvgIpc) is 3.27. The SMILES string of the molecule is O=C(O)CCC/C=C\C[C@H]1C2CC[C@H](O2)[C@@H]1CSCCOc1ccccc1. The maximum Gasteiger partial charge on any atom is 0.303 e. The highest BCUT2D eigenvalue weighted by Crippen LogP contribution is 2.46. The Morgan fingerprint density at radius 3 is 2.74 bits per heavy atom. The molecule has 0 aliphatic carbocycles. The monoisotopic (exact) mass is 390 g/mol. The number of hydrogen-bond acceptors (Lipinski definition) is 4. The van der Waals surface area contributed by atoms with Gasteiger partial charge in [-0.1, -0.05) is 30.4 Å². The number of allylic oxidation sites excluding steroid dienone is 2. The highest BCUT2D eigenvalue weighted by atomic mass is 32.2. The highest BCUT2D eigenvalue weighted by molar-refractivity contribution is 7.99. The van der Waals surface area contributed by atoms with Crippen LogP contribution in [0.4, 0.5) is 0 Å². The molecule has 1 unspecified atom stereocenters. The van der Waals surface area contributed by atoms with Gasteiger partial charge in [-0.2, -0.15) is 11.8 Å². The van der Waals surface area contributed by atoms with E-state index in [2.05, 4.69) is 12.2 Å². The van der Waals surface area contributed by atoms with E-state index in [1.165, 1.54) is 12.8 Å². The maximum atomic E-state index is 10.5. The van der Waals surface area contributed by atoms with Crippen molar-refractivity contribution >= 4 is 17.7 Å². The van der Waals surface area contributed by atoms with Crippen LogP contribution in [0.3, 0.4) is 0 Å². The van der Waals surface area contributed by atoms with Crippen LogP contribution in [0.5, 0.6) is 5.75 Å². The number of aliphatic carboxylic acids is 1. The Morgan fingerprint density at radius 2 is 1.96 bits per heavy atom. The van der Waals surface area contributed by atoms with Gasteiger partial charge in [-0.3, -0.25) is 4.79 Å². The van der Waals surface area contributed by atoms with Crippen molar-refractivity contribution in [2.45, 2.75) is 50.7 Å². The minimum Gasteiger partial charge on any atom is -0.493 e. The number of unbranched alkanes of at least 4 members (excludes halogenated alkanes) is 1. The van der Waals surface area contributed by atoms with Crippen LogP contribution < -0.4 is 4.74 Å². The first kappa shape index (κ1) is 20.3. The Bertz CT molecular complexity index is 604. The lowest BCUT2D eigenvalue weighted by Crippen LogP contribution is -2.28. The van der Waals surface area contributed by atoms with Crippen LogP contribution in [0.2, 0.25) is 0 Å². The molecule has 0 amide bonds. The molecule has 5 heteroatoms. The molecule has 1 N–H and O–H groups in total. The Balaban J connectivity index is 1.35. The molecule has 2 saturated heterocycles. The van der Waals surface area contributed by atoms with Gasteiger partial charge < -0.3 is 14.6 Å². The number of rotatable bonds is 12. The van der Waals surface area contributed by atoms with Gasteiger partial charge in [0, 0.05) is 12.2 Å². The summed E-state index contributed by atoms with van der Waals surface area (Å²) in [6.07, 6.45) is 10.5. The Hall–Kier alpha value is -1.46. The highest BCUT2D eigenvalue weighted by Gasteiger charge is 2.47. The molecule has 2 aliphatic heterocycles. The van der Waals surface area contributed by atoms with E-state index in [9.17, 15) is 4.79 Å². The second-order valence-electron chi connectivity index (χ2n) is 7.35. The van der Waals surface area contributed by atoms with Crippen molar-refractivity contribution < 1.29 is 19.4 Å². The van der Waals surface area contributed by atoms with Gasteiger partial charge in [0.25, 0.3) is 0 Å². The number of benzene rings is 1. The minimum atomic E-state index is -0.710. The van der Waals surface area contributed by atoms with Gasteiger partial charge in [0.1, 0.15) is 5.75 Å². The topological polar surface area (TPSA) is 55.8 Å². The average molecular weight is 391 g/mol. The van der Waals surface area contributed by atoms with Crippen molar-refractivity contribution in [3.63, 3.8) is 0 Å². The summed E-state index contributed by atoms with van der Waals surface area (Å²) in [6.45, 7) is 0.741. The van der Waals surface area contributed by atoms with Crippen LogP contribution >= 0.6 is 11.8 Å². The molecule has 1 aromatic rings. The zero-order valence-electron chi connectivity index (χ0n) is 15.8. The molecular weight excluding hydrogens is 360 g/mol. The van der Waals surface area contributed by atoms with Gasteiger partial charge in [0.2, 0.25) is 0 Å². The number of hydrogen-bond donors (Lipinski definition) is 1. The molecule has 1 aromatic carbocycles. The fourth-order valence-electron chi connectivity index (χ4n) is 4.12. The minimum absolute atomic E-state index is 0.256. The summed E-state index contributed by atoms with van der Waals surface area (Å²) in [7, 11) is 0. The molecule has 3 rings (SSSR count). The first-order valence-electron chi connectivity index (χ1n) is 10.0. The number of carboxylic acids is 1. The predicted octanol–water partition coefficient (Wildman–Crippen LogP) is 4.79. The first-order chi connectivity index (χ1) is 13.2. The molecule has 148 valence electrons. The van der Waals surface area contributed by atoms with Gasteiger partial charge in [-0.05, 0) is 61.8 Å². The summed E-state index contributed by atoms with van der Waals surface area (Å²) < 4.78 is 12.0. The lowest BCUT2D eigenvalue weighted by Gasteiger charge is -2.27. The van der Waals surface area contributed by atoms with Crippen molar-refractivity contribution in [3.05, 3.63) is 42.5 Å². The van der Waals surface area contributed by atoms with Crippen molar-refractivity contribution in [2.24, 2.45) is 11.8 Å². The third kappa shape index (κ3) is 6.28. The van der Waals surface area contributed by atoms with E-state index >= 15 is 0 Å². The zero-order chi connectivity index (χ0) is 18.9. The molecule has 4 atom stereocenters. The molecule has 2 bridgehead atoms. The van der Waals surface area contributed by atoms with Crippen LogP contribution in [0.1, 0.15) is 38.5 Å². The number of ether oxygens (including phenoxy) is 2. The van der Waals surface area contributed by atoms with Crippen LogP contribution in [-0.4, -0.2) is 41.4 Å². The molecule has 0 radical (unpaired) electrons. The quantitative estimate of drug-likeness (QED) is 0.411. The predicted molar refractivity (Wildman–Crippen MR) is 109 cm³/mol. The summed E-state index contributed by atoms with van der Waals surface area (Å²) in [5.74, 6) is 3.61. The van der Waals surface area contributed by atoms with Crippen molar-refractivity contribution in [1.82, 2.24) is 0 Å². The fourth-order valence-corrected chi connectivity index (χ4v) is 5.23. The normalized spacial score (nSPS) is 26.7. The standard InChI is InChI=1S/C22H30O4S/c23-22(24)11-7-2-1-6-10-18-19(21-13-12-20(18)26-21)16-27-15-14-25-17-8-4-3-5-9-17/h1,3-6,8-9,18-21H,2,7,10-16H2,(H,23,24)/b6-1-/t18-,19-,20?,21+/m1/s1. The van der Waals surface area contributed by atoms with E-state index in [1.807, 2.05) is 42.1 Å². The largest absolute Gasteiger partial charge is 0.493 e. The smallest absolute Gasteiger partial charge is 0.303 e. The molecule has 0 aromatic heterocycles. The van der Waals surface area contributed by atoms with Crippen LogP contribution in [0, 0.1) is 11.8 Å². The molecule has 2 aliphatic rings. The third-order valence-electron chi connectivity index (χ3n) is 5.48. The summed E-state index contributed by atoms with van der Waals surface area (Å²) in [5.41, 5.74) is 0. The van der Waals surface area contributed by atoms with Crippen LogP contribution in [-0.2, 0) is 9.53 Å². The Morgan fingerprint density at radius 1 is 1.19 bits per heavy atom. The van der Waals surface area contributed by atoms with Crippen molar-refractivity contribution in [2.75, 3.05) is 18.1 Å². The van der Waals surface area contributed by atoms with E-state index in [-0.39, 0.29) is 6.42 Å². The number of fused-ring (bicyclic) bond motifs is 2. The molecular formula is C22H30O4S. The third-order valence-corrected chi connectivity index (χ3v) is 6.55. The second-order valence-corrected chi connectivity index (χ2v) is 8.50. The Labute approximate surface area is 166 Å². The van der Waals surface area contributed by atoms with Gasteiger partial charge in [-0.25, -0.2) is 0 Å². The zero-order valence-corrected chi connectivity index (χ0v) is 16.6. The number of thioether (sulfide) groups is 1. The summed E-state index contributed by atoms with van der Waals surface area (Å²) in [4.78, 5) is 10.5. The van der Waals surface area contributed by atoms with E-state index in [1.54, 1.807) is 0 Å². The summed E-state index contributed by atoms with van der Waals surface area (Å²) in [5, 5.41) is 8.68. The van der Waals surface area contributed by atoms with Crippen LogP contribution in [0.25, 0.3) is 0 Å². The molecule has 4 nitrogen and oxygen atoms in total. The van der Waals surface area contributed by atoms with Gasteiger partial charge >= 0.3 is 5.97 Å². The molecule has 0 spiro atoms.